The lowest BCUT2D eigenvalue weighted by Gasteiger charge is -2.11. The Morgan fingerprint density at radius 3 is 1.91 bits per heavy atom. The Hall–Kier alpha value is -4.52. The highest BCUT2D eigenvalue weighted by molar-refractivity contribution is 5.98. The quantitative estimate of drug-likeness (QED) is 0.392. The molecule has 0 radical (unpaired) electrons. The lowest BCUT2D eigenvalue weighted by molar-refractivity contribution is 0.0827. The molecule has 2 N–H and O–H groups in total. The first-order valence-electron chi connectivity index (χ1n) is 10.3. The van der Waals surface area contributed by atoms with Crippen LogP contribution in [0.5, 0.6) is 11.5 Å². The molecule has 0 saturated heterocycles. The Morgan fingerprint density at radius 1 is 0.636 bits per heavy atom. The van der Waals surface area contributed by atoms with Crippen LogP contribution in [0.4, 0.5) is 0 Å². The summed E-state index contributed by atoms with van der Waals surface area (Å²) in [4.78, 5) is 25.0. The summed E-state index contributed by atoms with van der Waals surface area (Å²) in [5, 5.41) is 0. The second-order valence-corrected chi connectivity index (χ2v) is 7.03. The Kier molecular flexibility index (Phi) is 7.02. The smallest absolute Gasteiger partial charge is 0.305 e. The molecule has 0 aliphatic rings. The minimum Gasteiger partial charge on any atom is -0.489 e. The number of hydrogen-bond donors (Lipinski definition) is 2. The molecule has 7 nitrogen and oxygen atoms in total. The summed E-state index contributed by atoms with van der Waals surface area (Å²) in [6, 6.07) is 28.8. The zero-order valence-electron chi connectivity index (χ0n) is 17.7. The molecule has 0 aliphatic carbocycles. The summed E-state index contributed by atoms with van der Waals surface area (Å²) in [7, 11) is 0. The van der Waals surface area contributed by atoms with Gasteiger partial charge in [-0.3, -0.25) is 20.4 Å². The highest BCUT2D eigenvalue weighted by Gasteiger charge is 2.15. The van der Waals surface area contributed by atoms with Gasteiger partial charge in [-0.25, -0.2) is 0 Å². The molecular formula is C26H22N2O5. The number of para-hydroxylation sites is 2. The first-order valence-corrected chi connectivity index (χ1v) is 10.3. The fourth-order valence-electron chi connectivity index (χ4n) is 3.04. The maximum absolute atomic E-state index is 12.6. The lowest BCUT2D eigenvalue weighted by Crippen LogP contribution is -2.41. The van der Waals surface area contributed by atoms with Crippen LogP contribution in [0.2, 0.25) is 0 Å². The molecule has 0 atom stereocenters. The summed E-state index contributed by atoms with van der Waals surface area (Å²) < 4.78 is 16.9. The van der Waals surface area contributed by atoms with Gasteiger partial charge in [-0.15, -0.1) is 0 Å². The summed E-state index contributed by atoms with van der Waals surface area (Å²) >= 11 is 0. The Balaban J connectivity index is 1.31. The third kappa shape index (κ3) is 6.01. The van der Waals surface area contributed by atoms with Crippen LogP contribution in [0, 0.1) is 0 Å². The van der Waals surface area contributed by atoms with Crippen molar-refractivity contribution in [3.05, 3.63) is 120 Å². The van der Waals surface area contributed by atoms with Gasteiger partial charge in [0.1, 0.15) is 30.5 Å². The lowest BCUT2D eigenvalue weighted by atomic mass is 10.1. The molecule has 3 aromatic carbocycles. The van der Waals surface area contributed by atoms with Crippen LogP contribution in [0.3, 0.4) is 0 Å². The molecule has 0 saturated carbocycles. The number of rotatable bonds is 8. The molecule has 33 heavy (non-hydrogen) atoms. The number of carbonyl (C=O) groups is 2. The van der Waals surface area contributed by atoms with Crippen LogP contribution in [0.1, 0.15) is 32.2 Å². The number of hydrogen-bond acceptors (Lipinski definition) is 5. The normalized spacial score (nSPS) is 10.3. The standard InChI is InChI=1S/C26H22N2O5/c29-25(23-14-8-7-9-19(23)17-31-20-10-3-1-4-11-20)27-28-26(30)24-16-15-22(33-24)18-32-21-12-5-2-6-13-21/h1-16H,17-18H2,(H,27,29)(H,28,30). The van der Waals surface area contributed by atoms with E-state index in [2.05, 4.69) is 10.9 Å². The molecule has 2 amide bonds. The van der Waals surface area contributed by atoms with Crippen molar-refractivity contribution < 1.29 is 23.5 Å². The van der Waals surface area contributed by atoms with Gasteiger partial charge in [0.25, 0.3) is 5.91 Å². The van der Waals surface area contributed by atoms with Crippen molar-refractivity contribution in [1.29, 1.82) is 0 Å². The molecule has 4 rings (SSSR count). The van der Waals surface area contributed by atoms with Gasteiger partial charge in [-0.05, 0) is 42.5 Å². The van der Waals surface area contributed by atoms with E-state index < -0.39 is 11.8 Å². The van der Waals surface area contributed by atoms with E-state index >= 15 is 0 Å². The maximum atomic E-state index is 12.6. The number of nitrogens with one attached hydrogen (secondary N) is 2. The zero-order valence-corrected chi connectivity index (χ0v) is 17.7. The molecule has 0 fully saturated rings. The van der Waals surface area contributed by atoms with Gasteiger partial charge >= 0.3 is 5.91 Å². The van der Waals surface area contributed by atoms with E-state index in [0.29, 0.717) is 28.4 Å². The molecule has 166 valence electrons. The second-order valence-electron chi connectivity index (χ2n) is 7.03. The summed E-state index contributed by atoms with van der Waals surface area (Å²) in [5.41, 5.74) is 5.87. The fourth-order valence-corrected chi connectivity index (χ4v) is 3.04. The molecule has 0 unspecified atom stereocenters. The minimum absolute atomic E-state index is 0.0580. The topological polar surface area (TPSA) is 89.8 Å². The average Bonchev–Trinajstić information content (AvgIpc) is 3.35. The fraction of sp³-hybridized carbons (Fsp3) is 0.0769. The second kappa shape index (κ2) is 10.7. The average molecular weight is 442 g/mol. The number of furan rings is 1. The first-order chi connectivity index (χ1) is 16.2. The summed E-state index contributed by atoms with van der Waals surface area (Å²) in [6.07, 6.45) is 0. The highest BCUT2D eigenvalue weighted by atomic mass is 16.5. The molecule has 7 heteroatoms. The third-order valence-corrected chi connectivity index (χ3v) is 4.70. The predicted octanol–water partition coefficient (Wildman–Crippen LogP) is 4.51. The molecule has 0 bridgehead atoms. The van der Waals surface area contributed by atoms with Crippen LogP contribution >= 0.6 is 0 Å². The van der Waals surface area contributed by atoms with Crippen molar-refractivity contribution in [3.63, 3.8) is 0 Å². The Bertz CT molecular complexity index is 1210. The Labute approximate surface area is 190 Å². The van der Waals surface area contributed by atoms with Crippen molar-refractivity contribution in [2.24, 2.45) is 0 Å². The van der Waals surface area contributed by atoms with Crippen molar-refractivity contribution in [1.82, 2.24) is 10.9 Å². The van der Waals surface area contributed by atoms with E-state index in [9.17, 15) is 9.59 Å². The molecular weight excluding hydrogens is 420 g/mol. The van der Waals surface area contributed by atoms with E-state index in [0.717, 1.165) is 0 Å². The Morgan fingerprint density at radius 2 is 1.21 bits per heavy atom. The third-order valence-electron chi connectivity index (χ3n) is 4.70. The van der Waals surface area contributed by atoms with Crippen LogP contribution in [-0.2, 0) is 13.2 Å². The minimum atomic E-state index is -0.577. The first kappa shape index (κ1) is 21.7. The van der Waals surface area contributed by atoms with Gasteiger partial charge in [-0.1, -0.05) is 54.6 Å². The SMILES string of the molecule is O=C(NNC(=O)c1ccccc1COc1ccccc1)c1ccc(COc2ccccc2)o1. The van der Waals surface area contributed by atoms with Crippen molar-refractivity contribution in [2.75, 3.05) is 0 Å². The van der Waals surface area contributed by atoms with Crippen LogP contribution in [0.15, 0.2) is 101 Å². The predicted molar refractivity (Wildman–Crippen MR) is 122 cm³/mol. The van der Waals surface area contributed by atoms with Gasteiger partial charge in [0, 0.05) is 11.1 Å². The van der Waals surface area contributed by atoms with E-state index in [1.54, 1.807) is 24.3 Å². The van der Waals surface area contributed by atoms with Gasteiger partial charge in [-0.2, -0.15) is 0 Å². The van der Waals surface area contributed by atoms with Crippen LogP contribution in [-0.4, -0.2) is 11.8 Å². The van der Waals surface area contributed by atoms with E-state index in [1.165, 1.54) is 6.07 Å². The van der Waals surface area contributed by atoms with Crippen LogP contribution in [0.25, 0.3) is 0 Å². The van der Waals surface area contributed by atoms with Crippen molar-refractivity contribution in [3.8, 4) is 11.5 Å². The number of amides is 2. The van der Waals surface area contributed by atoms with E-state index in [-0.39, 0.29) is 19.0 Å². The number of ether oxygens (including phenoxy) is 2. The van der Waals surface area contributed by atoms with Gasteiger partial charge in [0.15, 0.2) is 5.76 Å². The summed E-state index contributed by atoms with van der Waals surface area (Å²) in [6.45, 7) is 0.392. The number of benzene rings is 3. The van der Waals surface area contributed by atoms with Crippen molar-refractivity contribution >= 4 is 11.8 Å². The monoisotopic (exact) mass is 442 g/mol. The molecule has 0 spiro atoms. The van der Waals surface area contributed by atoms with E-state index in [1.807, 2.05) is 66.7 Å². The largest absolute Gasteiger partial charge is 0.489 e. The molecule has 4 aromatic rings. The van der Waals surface area contributed by atoms with E-state index in [4.69, 9.17) is 13.9 Å². The summed E-state index contributed by atoms with van der Waals surface area (Å²) in [5.74, 6) is 0.900. The number of carbonyl (C=O) groups excluding carboxylic acids is 2. The number of hydrazine groups is 1. The molecule has 1 heterocycles. The van der Waals surface area contributed by atoms with Gasteiger partial charge < -0.3 is 13.9 Å². The molecule has 0 aliphatic heterocycles. The maximum Gasteiger partial charge on any atom is 0.305 e. The van der Waals surface area contributed by atoms with Gasteiger partial charge in [0.2, 0.25) is 0 Å². The highest BCUT2D eigenvalue weighted by Crippen LogP contribution is 2.16. The zero-order chi connectivity index (χ0) is 22.9. The van der Waals surface area contributed by atoms with Crippen LogP contribution < -0.4 is 20.3 Å². The molecule has 1 aromatic heterocycles. The van der Waals surface area contributed by atoms with Gasteiger partial charge in [0.05, 0.1) is 0 Å². The van der Waals surface area contributed by atoms with Crippen molar-refractivity contribution in [2.45, 2.75) is 13.2 Å².